The lowest BCUT2D eigenvalue weighted by Gasteiger charge is -2.58. The number of fused-ring (bicyclic) bond motifs is 5. The van der Waals surface area contributed by atoms with Gasteiger partial charge in [-0.05, 0) is 148 Å². The van der Waals surface area contributed by atoms with Crippen LogP contribution in [0.5, 0.6) is 5.75 Å². The second-order valence-electron chi connectivity index (χ2n) is 18.2. The average molecular weight is 749 g/mol. The van der Waals surface area contributed by atoms with Gasteiger partial charge >= 0.3 is 12.4 Å². The van der Waals surface area contributed by atoms with Crippen LogP contribution in [-0.4, -0.2) is 47.8 Å². The van der Waals surface area contributed by atoms with E-state index in [1.165, 1.54) is 30.8 Å². The zero-order valence-electron chi connectivity index (χ0n) is 32.1. The molecule has 2 fully saturated rings. The lowest BCUT2D eigenvalue weighted by atomic mass is 9.47. The molecule has 0 amide bonds. The number of halogens is 6. The largest absolute Gasteiger partial charge is 0.497 e. The monoisotopic (exact) mass is 748 g/mol. The molecule has 1 unspecified atom stereocenters. The normalized spacial score (nSPS) is 28.0. The molecule has 0 bridgehead atoms. The third kappa shape index (κ3) is 8.10. The molecule has 286 valence electrons. The SMILES string of the molecule is COc1ccc2c(c1)CCC1(C=CCCCCCCC(O[Si](C)(C)C)(C(F)(F)F)C(F)(F)F)[C@@H]2CC[C@]2(C)[C@@H](O[Si](C)(C)C(C)(C)C)CC[C@@H]12. The van der Waals surface area contributed by atoms with Crippen LogP contribution < -0.4 is 4.74 Å². The first-order valence-electron chi connectivity index (χ1n) is 18.7. The van der Waals surface area contributed by atoms with Crippen LogP contribution in [0.3, 0.4) is 0 Å². The quantitative estimate of drug-likeness (QED) is 0.0870. The van der Waals surface area contributed by atoms with Crippen molar-refractivity contribution in [2.45, 2.75) is 172 Å². The van der Waals surface area contributed by atoms with Crippen LogP contribution in [0.2, 0.25) is 37.8 Å². The van der Waals surface area contributed by atoms with Crippen LogP contribution in [0.25, 0.3) is 0 Å². The Morgan fingerprint density at radius 1 is 0.860 bits per heavy atom. The Hall–Kier alpha value is -1.31. The Labute approximate surface area is 299 Å². The smallest absolute Gasteiger partial charge is 0.425 e. The molecule has 0 aromatic heterocycles. The van der Waals surface area contributed by atoms with Gasteiger partial charge in [-0.15, -0.1) is 0 Å². The van der Waals surface area contributed by atoms with Gasteiger partial charge in [-0.25, -0.2) is 0 Å². The van der Waals surface area contributed by atoms with Crippen molar-refractivity contribution >= 4 is 16.6 Å². The topological polar surface area (TPSA) is 27.7 Å². The number of rotatable bonds is 13. The van der Waals surface area contributed by atoms with Crippen LogP contribution in [0.15, 0.2) is 30.4 Å². The van der Waals surface area contributed by atoms with E-state index in [4.69, 9.17) is 13.6 Å². The number of benzene rings is 1. The summed E-state index contributed by atoms with van der Waals surface area (Å²) in [7, 11) is -3.44. The Bertz CT molecular complexity index is 1330. The van der Waals surface area contributed by atoms with Crippen molar-refractivity contribution in [3.05, 3.63) is 41.5 Å². The summed E-state index contributed by atoms with van der Waals surface area (Å²) in [5, 5.41) is 0.126. The fourth-order valence-corrected chi connectivity index (χ4v) is 12.1. The van der Waals surface area contributed by atoms with Crippen molar-refractivity contribution < 1.29 is 39.9 Å². The summed E-state index contributed by atoms with van der Waals surface area (Å²) < 4.78 is 101. The molecule has 0 radical (unpaired) electrons. The summed E-state index contributed by atoms with van der Waals surface area (Å²) in [5.74, 6) is 1.72. The van der Waals surface area contributed by atoms with Crippen molar-refractivity contribution in [3.8, 4) is 5.75 Å². The predicted molar refractivity (Wildman–Crippen MR) is 195 cm³/mol. The van der Waals surface area contributed by atoms with Crippen LogP contribution in [-0.2, 0) is 15.3 Å². The van der Waals surface area contributed by atoms with Gasteiger partial charge in [-0.2, -0.15) is 26.3 Å². The molecule has 50 heavy (non-hydrogen) atoms. The van der Waals surface area contributed by atoms with E-state index in [0.29, 0.717) is 24.7 Å². The lowest BCUT2D eigenvalue weighted by Crippen LogP contribution is -2.62. The zero-order valence-corrected chi connectivity index (χ0v) is 34.1. The van der Waals surface area contributed by atoms with E-state index in [0.717, 1.165) is 50.7 Å². The summed E-state index contributed by atoms with van der Waals surface area (Å²) >= 11 is 0. The number of allylic oxidation sites excluding steroid dienone is 2. The summed E-state index contributed by atoms with van der Waals surface area (Å²) in [6.45, 7) is 18.1. The number of aryl methyl sites for hydroxylation is 1. The van der Waals surface area contributed by atoms with Gasteiger partial charge in [0.05, 0.1) is 13.2 Å². The van der Waals surface area contributed by atoms with Crippen LogP contribution >= 0.6 is 0 Å². The summed E-state index contributed by atoms with van der Waals surface area (Å²) in [5.41, 5.74) is -1.31. The molecule has 3 nitrogen and oxygen atoms in total. The van der Waals surface area contributed by atoms with E-state index in [9.17, 15) is 26.3 Å². The van der Waals surface area contributed by atoms with Crippen molar-refractivity contribution in [2.24, 2.45) is 16.7 Å². The molecule has 1 aromatic carbocycles. The third-order valence-corrected chi connectivity index (χ3v) is 18.2. The number of hydrogen-bond acceptors (Lipinski definition) is 3. The minimum atomic E-state index is -5.53. The van der Waals surface area contributed by atoms with Crippen LogP contribution in [0, 0.1) is 16.7 Å². The van der Waals surface area contributed by atoms with E-state index in [1.54, 1.807) is 7.11 Å². The Balaban J connectivity index is 1.50. The molecule has 0 aliphatic heterocycles. The van der Waals surface area contributed by atoms with E-state index in [2.05, 4.69) is 71.1 Å². The Kier molecular flexibility index (Phi) is 12.0. The number of ether oxygens (including phenoxy) is 1. The van der Waals surface area contributed by atoms with Crippen molar-refractivity contribution in [1.82, 2.24) is 0 Å². The molecule has 0 spiro atoms. The van der Waals surface area contributed by atoms with Crippen LogP contribution in [0.1, 0.15) is 115 Å². The number of unbranched alkanes of at least 4 members (excludes halogenated alkanes) is 4. The van der Waals surface area contributed by atoms with E-state index < -0.39 is 41.0 Å². The molecule has 3 aliphatic rings. The standard InChI is InChI=1S/C39H62F6O3Si2/c1-34(2,3)50(9,10)47-33-20-19-32-35(33,4)25-22-31-30-18-17-29(46-5)27-28(30)21-26-36(31,32)23-15-13-11-12-14-16-24-37(38(40,41)42,39(43,44)45)48-49(6,7)8/h15,17-18,23,27,31-33H,11-14,16,19-22,24-26H2,1-10H3/t31-,32-,33+,35+,36?/m1/s1. The number of alkyl halides is 6. The van der Waals surface area contributed by atoms with Gasteiger partial charge in [0, 0.05) is 0 Å². The molecular formula is C39H62F6O3Si2. The first-order valence-corrected chi connectivity index (χ1v) is 25.0. The summed E-state index contributed by atoms with van der Waals surface area (Å²) in [4.78, 5) is 0. The van der Waals surface area contributed by atoms with Crippen LogP contribution in [0.4, 0.5) is 26.3 Å². The van der Waals surface area contributed by atoms with E-state index in [-0.39, 0.29) is 34.8 Å². The molecule has 4 rings (SSSR count). The highest BCUT2D eigenvalue weighted by Crippen LogP contribution is 2.68. The maximum Gasteiger partial charge on any atom is 0.425 e. The van der Waals surface area contributed by atoms with Gasteiger partial charge in [0.1, 0.15) is 5.75 Å². The highest BCUT2D eigenvalue weighted by molar-refractivity contribution is 6.74. The Morgan fingerprint density at radius 2 is 1.50 bits per heavy atom. The third-order valence-electron chi connectivity index (χ3n) is 12.8. The molecule has 5 atom stereocenters. The minimum Gasteiger partial charge on any atom is -0.497 e. The van der Waals surface area contributed by atoms with Gasteiger partial charge in [0.15, 0.2) is 16.6 Å². The van der Waals surface area contributed by atoms with Crippen molar-refractivity contribution in [2.75, 3.05) is 7.11 Å². The number of methoxy groups -OCH3 is 1. The first-order chi connectivity index (χ1) is 22.8. The fourth-order valence-electron chi connectivity index (χ4n) is 9.26. The summed E-state index contributed by atoms with van der Waals surface area (Å²) in [6, 6.07) is 6.52. The molecule has 2 saturated carbocycles. The van der Waals surface area contributed by atoms with Gasteiger partial charge in [-0.1, -0.05) is 58.8 Å². The first kappa shape index (κ1) is 41.4. The molecule has 1 aromatic rings. The average Bonchev–Trinajstić information content (AvgIpc) is 3.30. The Morgan fingerprint density at radius 3 is 2.08 bits per heavy atom. The minimum absolute atomic E-state index is 0.0344. The predicted octanol–water partition coefficient (Wildman–Crippen LogP) is 12.9. The maximum absolute atomic E-state index is 14.0. The van der Waals surface area contributed by atoms with Gasteiger partial charge in [0.2, 0.25) is 5.60 Å². The number of hydrogen-bond donors (Lipinski definition) is 0. The van der Waals surface area contributed by atoms with Crippen molar-refractivity contribution in [1.29, 1.82) is 0 Å². The zero-order chi connectivity index (χ0) is 37.6. The van der Waals surface area contributed by atoms with E-state index in [1.807, 2.05) is 0 Å². The summed E-state index contributed by atoms with van der Waals surface area (Å²) in [6.07, 6.45) is 1.26. The molecule has 11 heteroatoms. The molecule has 0 heterocycles. The van der Waals surface area contributed by atoms with Gasteiger partial charge < -0.3 is 13.6 Å². The van der Waals surface area contributed by atoms with Crippen molar-refractivity contribution in [3.63, 3.8) is 0 Å². The highest BCUT2D eigenvalue weighted by Gasteiger charge is 2.72. The van der Waals surface area contributed by atoms with E-state index >= 15 is 0 Å². The maximum atomic E-state index is 14.0. The van der Waals surface area contributed by atoms with Gasteiger partial charge in [0.25, 0.3) is 0 Å². The second kappa shape index (κ2) is 14.5. The lowest BCUT2D eigenvalue weighted by molar-refractivity contribution is -0.362. The van der Waals surface area contributed by atoms with Gasteiger partial charge in [-0.3, -0.25) is 0 Å². The molecule has 0 N–H and O–H groups in total. The highest BCUT2D eigenvalue weighted by atomic mass is 28.4. The molecular weight excluding hydrogens is 687 g/mol. The second-order valence-corrected chi connectivity index (χ2v) is 27.3. The molecule has 0 saturated heterocycles. The molecule has 3 aliphatic carbocycles. The fraction of sp³-hybridized carbons (Fsp3) is 0.795.